The Balaban J connectivity index is 1.98. The van der Waals surface area contributed by atoms with Crippen molar-refractivity contribution in [3.05, 3.63) is 18.0 Å². The van der Waals surface area contributed by atoms with E-state index in [1.165, 1.54) is 0 Å². The molecule has 2 aliphatic rings. The SMILES string of the molecule is CC(C)(C)C(=O)Nc1nc(NC(=O)C(C)(C)C)nc(C2(C)CC3C=CC2C3)n1. The number of allylic oxidation sites excluding steroid dienone is 2. The average Bonchev–Trinajstić information content (AvgIpc) is 3.13. The highest BCUT2D eigenvalue weighted by atomic mass is 16.2. The van der Waals surface area contributed by atoms with Crippen molar-refractivity contribution in [3.8, 4) is 0 Å². The Bertz CT molecular complexity index is 788. The number of carbonyl (C=O) groups excluding carboxylic acids is 2. The number of anilines is 2. The number of amides is 2. The summed E-state index contributed by atoms with van der Waals surface area (Å²) < 4.78 is 0. The van der Waals surface area contributed by atoms with Crippen LogP contribution in [0.15, 0.2) is 12.2 Å². The molecule has 1 heterocycles. The van der Waals surface area contributed by atoms with Gasteiger partial charge in [0, 0.05) is 16.2 Å². The van der Waals surface area contributed by atoms with Gasteiger partial charge in [-0.1, -0.05) is 60.6 Å². The first-order valence-electron chi connectivity index (χ1n) is 9.87. The van der Waals surface area contributed by atoms with Crippen LogP contribution in [0.3, 0.4) is 0 Å². The molecule has 152 valence electrons. The van der Waals surface area contributed by atoms with Crippen molar-refractivity contribution in [2.75, 3.05) is 10.6 Å². The number of nitrogens with zero attached hydrogens (tertiary/aromatic N) is 3. The van der Waals surface area contributed by atoms with Crippen molar-refractivity contribution >= 4 is 23.7 Å². The van der Waals surface area contributed by atoms with Crippen LogP contribution in [-0.4, -0.2) is 26.8 Å². The molecule has 0 aliphatic heterocycles. The molecule has 1 fully saturated rings. The van der Waals surface area contributed by atoms with E-state index < -0.39 is 10.8 Å². The van der Waals surface area contributed by atoms with Crippen molar-refractivity contribution in [2.45, 2.75) is 66.7 Å². The lowest BCUT2D eigenvalue weighted by atomic mass is 9.77. The Kier molecular flexibility index (Phi) is 4.84. The fourth-order valence-corrected chi connectivity index (χ4v) is 3.67. The van der Waals surface area contributed by atoms with Crippen LogP contribution in [0.25, 0.3) is 0 Å². The Hall–Kier alpha value is -2.31. The van der Waals surface area contributed by atoms with Crippen molar-refractivity contribution in [3.63, 3.8) is 0 Å². The van der Waals surface area contributed by atoms with E-state index in [-0.39, 0.29) is 29.1 Å². The standard InChI is InChI=1S/C21H31N5O2/c1-19(2,3)15(27)24-17-22-14(21(7)11-12-8-9-13(21)10-12)23-18(26-17)25-16(28)20(4,5)6/h8-9,12-13H,10-11H2,1-7H3,(H2,22,23,24,25,26,27,28). The first-order chi connectivity index (χ1) is 12.8. The van der Waals surface area contributed by atoms with Crippen LogP contribution in [0.2, 0.25) is 0 Å². The minimum atomic E-state index is -0.583. The molecule has 3 unspecified atom stereocenters. The highest BCUT2D eigenvalue weighted by Crippen LogP contribution is 2.52. The second-order valence-electron chi connectivity index (χ2n) is 10.3. The molecule has 1 aromatic rings. The molecule has 7 nitrogen and oxygen atoms in total. The summed E-state index contributed by atoms with van der Waals surface area (Å²) in [7, 11) is 0. The highest BCUT2D eigenvalue weighted by molar-refractivity contribution is 5.94. The van der Waals surface area contributed by atoms with Gasteiger partial charge < -0.3 is 0 Å². The normalized spacial score (nSPS) is 26.4. The van der Waals surface area contributed by atoms with Gasteiger partial charge in [-0.3, -0.25) is 20.2 Å². The maximum Gasteiger partial charge on any atom is 0.234 e. The van der Waals surface area contributed by atoms with Gasteiger partial charge in [0.05, 0.1) is 0 Å². The third kappa shape index (κ3) is 3.93. The number of hydrogen-bond donors (Lipinski definition) is 2. The molecule has 1 aromatic heterocycles. The topological polar surface area (TPSA) is 96.9 Å². The van der Waals surface area contributed by atoms with Crippen molar-refractivity contribution in [1.29, 1.82) is 0 Å². The maximum atomic E-state index is 12.5. The van der Waals surface area contributed by atoms with Crippen LogP contribution in [0, 0.1) is 22.7 Å². The highest BCUT2D eigenvalue weighted by Gasteiger charge is 2.48. The first kappa shape index (κ1) is 20.4. The predicted molar refractivity (Wildman–Crippen MR) is 109 cm³/mol. The quantitative estimate of drug-likeness (QED) is 0.774. The smallest absolute Gasteiger partial charge is 0.234 e. The van der Waals surface area contributed by atoms with E-state index in [1.807, 2.05) is 41.5 Å². The van der Waals surface area contributed by atoms with Gasteiger partial charge in [0.1, 0.15) is 5.82 Å². The Morgan fingerprint density at radius 1 is 0.929 bits per heavy atom. The first-order valence-corrected chi connectivity index (χ1v) is 9.87. The van der Waals surface area contributed by atoms with E-state index in [2.05, 4.69) is 44.7 Å². The molecule has 1 saturated carbocycles. The molecule has 0 spiro atoms. The van der Waals surface area contributed by atoms with Gasteiger partial charge in [0.2, 0.25) is 23.7 Å². The zero-order valence-corrected chi connectivity index (χ0v) is 17.9. The van der Waals surface area contributed by atoms with E-state index in [0.29, 0.717) is 17.7 Å². The number of aromatic nitrogens is 3. The van der Waals surface area contributed by atoms with Crippen LogP contribution < -0.4 is 10.6 Å². The van der Waals surface area contributed by atoms with Gasteiger partial charge >= 0.3 is 0 Å². The molecule has 7 heteroatoms. The number of hydrogen-bond acceptors (Lipinski definition) is 5. The van der Waals surface area contributed by atoms with Crippen LogP contribution in [0.5, 0.6) is 0 Å². The molecule has 0 saturated heterocycles. The summed E-state index contributed by atoms with van der Waals surface area (Å²) in [4.78, 5) is 38.4. The van der Waals surface area contributed by atoms with Crippen LogP contribution in [0.1, 0.15) is 67.1 Å². The van der Waals surface area contributed by atoms with Crippen molar-refractivity contribution < 1.29 is 9.59 Å². The van der Waals surface area contributed by atoms with E-state index in [1.54, 1.807) is 0 Å². The summed E-state index contributed by atoms with van der Waals surface area (Å²) in [5.74, 6) is 1.51. The van der Waals surface area contributed by atoms with Gasteiger partial charge in [-0.25, -0.2) is 0 Å². The molecule has 3 rings (SSSR count). The summed E-state index contributed by atoms with van der Waals surface area (Å²) >= 11 is 0. The minimum Gasteiger partial charge on any atom is -0.294 e. The third-order valence-corrected chi connectivity index (χ3v) is 5.64. The van der Waals surface area contributed by atoms with E-state index in [0.717, 1.165) is 12.8 Å². The molecule has 2 N–H and O–H groups in total. The van der Waals surface area contributed by atoms with Gasteiger partial charge in [-0.2, -0.15) is 15.0 Å². The Morgan fingerprint density at radius 3 is 1.79 bits per heavy atom. The summed E-state index contributed by atoms with van der Waals surface area (Å²) in [6.45, 7) is 13.1. The minimum absolute atomic E-state index is 0.183. The lowest BCUT2D eigenvalue weighted by molar-refractivity contribution is -0.123. The summed E-state index contributed by atoms with van der Waals surface area (Å²) in [5, 5.41) is 5.58. The third-order valence-electron chi connectivity index (χ3n) is 5.64. The van der Waals surface area contributed by atoms with Crippen molar-refractivity contribution in [2.24, 2.45) is 22.7 Å². The fraction of sp³-hybridized carbons (Fsp3) is 0.667. The molecular formula is C21H31N5O2. The summed E-state index contributed by atoms with van der Waals surface area (Å²) in [6, 6.07) is 0. The largest absolute Gasteiger partial charge is 0.294 e. The second kappa shape index (κ2) is 6.64. The Morgan fingerprint density at radius 2 is 1.43 bits per heavy atom. The van der Waals surface area contributed by atoms with Crippen LogP contribution in [0.4, 0.5) is 11.9 Å². The van der Waals surface area contributed by atoms with Gasteiger partial charge in [0.15, 0.2) is 0 Å². The van der Waals surface area contributed by atoms with Gasteiger partial charge in [-0.05, 0) is 24.7 Å². The molecular weight excluding hydrogens is 354 g/mol. The van der Waals surface area contributed by atoms with Crippen LogP contribution in [-0.2, 0) is 15.0 Å². The predicted octanol–water partition coefficient (Wildman–Crippen LogP) is 3.69. The lowest BCUT2D eigenvalue weighted by Gasteiger charge is -2.30. The molecule has 2 bridgehead atoms. The molecule has 28 heavy (non-hydrogen) atoms. The number of fused-ring (bicyclic) bond motifs is 2. The number of rotatable bonds is 3. The van der Waals surface area contributed by atoms with Crippen LogP contribution >= 0.6 is 0 Å². The van der Waals surface area contributed by atoms with Gasteiger partial charge in [0.25, 0.3) is 0 Å². The van der Waals surface area contributed by atoms with E-state index in [4.69, 9.17) is 0 Å². The monoisotopic (exact) mass is 385 g/mol. The zero-order valence-electron chi connectivity index (χ0n) is 17.9. The summed E-state index contributed by atoms with van der Waals surface area (Å²) in [6.07, 6.45) is 6.55. The lowest BCUT2D eigenvalue weighted by Crippen LogP contribution is -2.34. The molecule has 0 aromatic carbocycles. The molecule has 2 amide bonds. The molecule has 0 radical (unpaired) electrons. The fourth-order valence-electron chi connectivity index (χ4n) is 3.67. The molecule has 2 aliphatic carbocycles. The second-order valence-corrected chi connectivity index (χ2v) is 10.3. The summed E-state index contributed by atoms with van der Waals surface area (Å²) in [5.41, 5.74) is -1.40. The number of nitrogens with one attached hydrogen (secondary N) is 2. The zero-order chi connectivity index (χ0) is 20.9. The molecule has 3 atom stereocenters. The number of carbonyl (C=O) groups is 2. The Labute approximate surface area is 166 Å². The van der Waals surface area contributed by atoms with Gasteiger partial charge in [-0.15, -0.1) is 0 Å². The van der Waals surface area contributed by atoms with Crippen molar-refractivity contribution in [1.82, 2.24) is 15.0 Å². The maximum absolute atomic E-state index is 12.5. The average molecular weight is 386 g/mol. The van der Waals surface area contributed by atoms with E-state index >= 15 is 0 Å². The van der Waals surface area contributed by atoms with E-state index in [9.17, 15) is 9.59 Å².